The number of ether oxygens (including phenoxy) is 1. The van der Waals surface area contributed by atoms with Crippen LogP contribution in [0.25, 0.3) is 0 Å². The van der Waals surface area contributed by atoms with Crippen molar-refractivity contribution in [2.45, 2.75) is 5.72 Å². The summed E-state index contributed by atoms with van der Waals surface area (Å²) in [6.45, 7) is 0. The molecule has 0 radical (unpaired) electrons. The van der Waals surface area contributed by atoms with Crippen LogP contribution >= 0.6 is 7.75 Å². The molecule has 6 heteroatoms. The van der Waals surface area contributed by atoms with Gasteiger partial charge in [0.2, 0.25) is 5.72 Å². The SMILES string of the molecule is O=P(O)(O)N1c2ccccc2OC1(c1ccccc1)c1ccccc1. The smallest absolute Gasteiger partial charge is 0.433 e. The van der Waals surface area contributed by atoms with Crippen molar-refractivity contribution in [3.63, 3.8) is 0 Å². The minimum Gasteiger partial charge on any atom is -0.457 e. The largest absolute Gasteiger partial charge is 0.457 e. The molecule has 0 spiro atoms. The Kier molecular flexibility index (Phi) is 3.65. The van der Waals surface area contributed by atoms with E-state index in [1.807, 2.05) is 60.7 Å². The zero-order valence-electron chi connectivity index (χ0n) is 13.2. The Morgan fingerprint density at radius 1 is 0.760 bits per heavy atom. The van der Waals surface area contributed by atoms with Crippen LogP contribution in [0.15, 0.2) is 84.9 Å². The average Bonchev–Trinajstić information content (AvgIpc) is 3.00. The molecule has 4 rings (SSSR count). The summed E-state index contributed by atoms with van der Waals surface area (Å²) in [5.41, 5.74) is 0.204. The highest BCUT2D eigenvalue weighted by atomic mass is 31.2. The van der Waals surface area contributed by atoms with E-state index in [0.717, 1.165) is 4.67 Å². The van der Waals surface area contributed by atoms with Crippen LogP contribution in [-0.4, -0.2) is 9.79 Å². The maximum absolute atomic E-state index is 12.5. The van der Waals surface area contributed by atoms with Gasteiger partial charge in [0.05, 0.1) is 5.69 Å². The highest BCUT2D eigenvalue weighted by Crippen LogP contribution is 2.61. The molecule has 1 heterocycles. The third-order valence-electron chi connectivity index (χ3n) is 4.24. The van der Waals surface area contributed by atoms with Crippen LogP contribution in [0.3, 0.4) is 0 Å². The molecular weight excluding hydrogens is 337 g/mol. The average molecular weight is 353 g/mol. The van der Waals surface area contributed by atoms with Gasteiger partial charge in [-0.2, -0.15) is 0 Å². The fourth-order valence-corrected chi connectivity index (χ4v) is 4.36. The Morgan fingerprint density at radius 3 is 1.76 bits per heavy atom. The predicted octanol–water partition coefficient (Wildman–Crippen LogP) is 3.88. The Balaban J connectivity index is 2.07. The Hall–Kier alpha value is -2.59. The molecule has 3 aromatic rings. The fraction of sp³-hybridized carbons (Fsp3) is 0.0526. The highest BCUT2D eigenvalue weighted by Gasteiger charge is 2.55. The van der Waals surface area contributed by atoms with Gasteiger partial charge in [-0.1, -0.05) is 72.8 Å². The van der Waals surface area contributed by atoms with Crippen molar-refractivity contribution in [3.8, 4) is 5.75 Å². The number of nitrogens with zero attached hydrogens (tertiary/aromatic N) is 1. The number of hydrogen-bond acceptors (Lipinski definition) is 2. The van der Waals surface area contributed by atoms with Gasteiger partial charge in [-0.3, -0.25) is 0 Å². The summed E-state index contributed by atoms with van der Waals surface area (Å²) >= 11 is 0. The second kappa shape index (κ2) is 5.74. The van der Waals surface area contributed by atoms with Gasteiger partial charge in [-0.05, 0) is 12.1 Å². The van der Waals surface area contributed by atoms with Gasteiger partial charge in [0.1, 0.15) is 5.75 Å². The summed E-state index contributed by atoms with van der Waals surface area (Å²) in [6.07, 6.45) is 0. The van der Waals surface area contributed by atoms with Crippen molar-refractivity contribution >= 4 is 13.4 Å². The molecule has 0 unspecified atom stereocenters. The van der Waals surface area contributed by atoms with Crippen LogP contribution in [0, 0.1) is 0 Å². The molecule has 0 saturated carbocycles. The lowest BCUT2D eigenvalue weighted by Crippen LogP contribution is -2.46. The molecule has 5 nitrogen and oxygen atoms in total. The van der Waals surface area contributed by atoms with Gasteiger partial charge >= 0.3 is 7.75 Å². The Bertz CT molecular complexity index is 900. The third-order valence-corrected chi connectivity index (χ3v) is 5.26. The third kappa shape index (κ3) is 2.45. The first-order valence-electron chi connectivity index (χ1n) is 7.79. The van der Waals surface area contributed by atoms with Crippen molar-refractivity contribution in [2.24, 2.45) is 0 Å². The van der Waals surface area contributed by atoms with Gasteiger partial charge in [-0.15, -0.1) is 0 Å². The molecular formula is C19H16NO4P. The van der Waals surface area contributed by atoms with E-state index < -0.39 is 13.5 Å². The summed E-state index contributed by atoms with van der Waals surface area (Å²) in [6, 6.07) is 25.1. The molecule has 0 fully saturated rings. The molecule has 0 aromatic heterocycles. The molecule has 1 aliphatic heterocycles. The van der Waals surface area contributed by atoms with E-state index in [9.17, 15) is 14.4 Å². The second-order valence-corrected chi connectivity index (χ2v) is 7.20. The van der Waals surface area contributed by atoms with Crippen LogP contribution in [0.5, 0.6) is 5.75 Å². The lowest BCUT2D eigenvalue weighted by molar-refractivity contribution is 0.140. The molecule has 0 bridgehead atoms. The molecule has 2 N–H and O–H groups in total. The van der Waals surface area contributed by atoms with Crippen molar-refractivity contribution in [1.29, 1.82) is 0 Å². The molecule has 0 aliphatic carbocycles. The normalized spacial score (nSPS) is 15.5. The minimum atomic E-state index is -4.69. The fourth-order valence-electron chi connectivity index (χ4n) is 3.27. The summed E-state index contributed by atoms with van der Waals surface area (Å²) in [7, 11) is -4.69. The van der Waals surface area contributed by atoms with Crippen LogP contribution < -0.4 is 9.41 Å². The molecule has 126 valence electrons. The van der Waals surface area contributed by atoms with Crippen molar-refractivity contribution in [3.05, 3.63) is 96.1 Å². The van der Waals surface area contributed by atoms with E-state index in [-0.39, 0.29) is 0 Å². The minimum absolute atomic E-state index is 0.364. The van der Waals surface area contributed by atoms with Gasteiger partial charge in [0.15, 0.2) is 0 Å². The topological polar surface area (TPSA) is 70.0 Å². The first-order valence-corrected chi connectivity index (χ1v) is 9.35. The number of para-hydroxylation sites is 2. The number of benzene rings is 3. The number of anilines is 1. The maximum Gasteiger partial charge on any atom is 0.433 e. The van der Waals surface area contributed by atoms with E-state index in [1.54, 1.807) is 24.3 Å². The van der Waals surface area contributed by atoms with Crippen LogP contribution in [-0.2, 0) is 10.3 Å². The Morgan fingerprint density at radius 2 is 1.24 bits per heavy atom. The van der Waals surface area contributed by atoms with E-state index in [0.29, 0.717) is 22.6 Å². The summed E-state index contributed by atoms with van der Waals surface area (Å²) < 4.78 is 19.8. The lowest BCUT2D eigenvalue weighted by atomic mass is 9.94. The maximum atomic E-state index is 12.5. The van der Waals surface area contributed by atoms with Gasteiger partial charge in [0, 0.05) is 11.1 Å². The second-order valence-electron chi connectivity index (χ2n) is 5.77. The van der Waals surface area contributed by atoms with E-state index in [1.165, 1.54) is 0 Å². The monoisotopic (exact) mass is 353 g/mol. The summed E-state index contributed by atoms with van der Waals surface area (Å²) in [5, 5.41) is 0. The molecule has 0 saturated heterocycles. The number of hydrogen-bond donors (Lipinski definition) is 2. The number of fused-ring (bicyclic) bond motifs is 1. The first-order chi connectivity index (χ1) is 12.0. The number of rotatable bonds is 3. The lowest BCUT2D eigenvalue weighted by Gasteiger charge is -2.38. The van der Waals surface area contributed by atoms with Crippen molar-refractivity contribution < 1.29 is 19.1 Å². The van der Waals surface area contributed by atoms with Crippen LogP contribution in [0.2, 0.25) is 0 Å². The molecule has 25 heavy (non-hydrogen) atoms. The van der Waals surface area contributed by atoms with Gasteiger partial charge in [0.25, 0.3) is 0 Å². The summed E-state index contributed by atoms with van der Waals surface area (Å²) in [5.74, 6) is 0.429. The van der Waals surface area contributed by atoms with Gasteiger partial charge in [-0.25, -0.2) is 9.24 Å². The molecule has 1 aliphatic rings. The standard InChI is InChI=1S/C19H16NO4P/c21-25(22,23)20-17-13-7-8-14-18(17)24-19(20,15-9-3-1-4-10-15)16-11-5-2-6-12-16/h1-14H,(H2,21,22,23). The zero-order valence-corrected chi connectivity index (χ0v) is 14.1. The quantitative estimate of drug-likeness (QED) is 0.700. The van der Waals surface area contributed by atoms with Gasteiger partial charge < -0.3 is 14.5 Å². The van der Waals surface area contributed by atoms with Crippen LogP contribution in [0.4, 0.5) is 5.69 Å². The van der Waals surface area contributed by atoms with Crippen LogP contribution in [0.1, 0.15) is 11.1 Å². The Labute approximate surface area is 145 Å². The van der Waals surface area contributed by atoms with Crippen molar-refractivity contribution in [2.75, 3.05) is 4.67 Å². The van der Waals surface area contributed by atoms with Crippen molar-refractivity contribution in [1.82, 2.24) is 0 Å². The van der Waals surface area contributed by atoms with E-state index in [4.69, 9.17) is 4.74 Å². The first kappa shape index (κ1) is 15.9. The summed E-state index contributed by atoms with van der Waals surface area (Å²) in [4.78, 5) is 20.4. The zero-order chi connectivity index (χ0) is 17.5. The van der Waals surface area contributed by atoms with E-state index >= 15 is 0 Å². The highest BCUT2D eigenvalue weighted by molar-refractivity contribution is 7.53. The van der Waals surface area contributed by atoms with E-state index in [2.05, 4.69) is 0 Å². The molecule has 0 atom stereocenters. The predicted molar refractivity (Wildman–Crippen MR) is 95.3 cm³/mol. The molecule has 0 amide bonds. The molecule has 3 aromatic carbocycles.